The normalized spacial score (nSPS) is 11.8. The second kappa shape index (κ2) is 7.09. The molecule has 0 fully saturated rings. The van der Waals surface area contributed by atoms with Gasteiger partial charge in [-0.3, -0.25) is 19.6 Å². The zero-order chi connectivity index (χ0) is 18.7. The van der Waals surface area contributed by atoms with E-state index in [1.165, 1.54) is 10.9 Å². The number of rotatable bonds is 5. The lowest BCUT2D eigenvalue weighted by Gasteiger charge is -2.18. The summed E-state index contributed by atoms with van der Waals surface area (Å²) in [5.74, 6) is -3.12. The minimum Gasteiger partial charge on any atom is -0.321 e. The van der Waals surface area contributed by atoms with Crippen molar-refractivity contribution in [2.75, 3.05) is 5.32 Å². The van der Waals surface area contributed by atoms with Gasteiger partial charge in [0.2, 0.25) is 5.82 Å². The van der Waals surface area contributed by atoms with Crippen LogP contribution < -0.4 is 5.32 Å². The van der Waals surface area contributed by atoms with Crippen LogP contribution in [-0.4, -0.2) is 20.6 Å². The molecule has 3 aromatic rings. The van der Waals surface area contributed by atoms with Gasteiger partial charge in [-0.05, 0) is 11.6 Å². The highest BCUT2D eigenvalue weighted by molar-refractivity contribution is 5.96. The van der Waals surface area contributed by atoms with Gasteiger partial charge in [0, 0.05) is 24.5 Å². The van der Waals surface area contributed by atoms with Crippen molar-refractivity contribution in [1.82, 2.24) is 9.78 Å². The molecule has 0 aliphatic heterocycles. The average Bonchev–Trinajstić information content (AvgIpc) is 3.12. The lowest BCUT2D eigenvalue weighted by Crippen LogP contribution is -2.27. The van der Waals surface area contributed by atoms with Gasteiger partial charge >= 0.3 is 5.69 Å². The smallest absolute Gasteiger partial charge is 0.307 e. The fraction of sp³-hybridized carbons (Fsp3) is 0.0588. The van der Waals surface area contributed by atoms with Gasteiger partial charge in [0.25, 0.3) is 5.91 Å². The zero-order valence-corrected chi connectivity index (χ0v) is 13.2. The number of anilines is 1. The van der Waals surface area contributed by atoms with Crippen molar-refractivity contribution in [1.29, 1.82) is 0 Å². The summed E-state index contributed by atoms with van der Waals surface area (Å²) in [6, 6.07) is 10.3. The first-order chi connectivity index (χ1) is 12.5. The molecule has 2 aromatic carbocycles. The van der Waals surface area contributed by atoms with Crippen LogP contribution >= 0.6 is 0 Å². The molecule has 9 heteroatoms. The van der Waals surface area contributed by atoms with Crippen LogP contribution in [0.5, 0.6) is 0 Å². The van der Waals surface area contributed by atoms with Crippen LogP contribution in [-0.2, 0) is 4.79 Å². The highest BCUT2D eigenvalue weighted by atomic mass is 19.1. The molecule has 0 aliphatic rings. The van der Waals surface area contributed by atoms with Crippen molar-refractivity contribution >= 4 is 17.3 Å². The number of nitro groups is 1. The molecule has 1 N–H and O–H groups in total. The van der Waals surface area contributed by atoms with Gasteiger partial charge in [-0.1, -0.05) is 30.3 Å². The molecule has 0 radical (unpaired) electrons. The maximum absolute atomic E-state index is 14.0. The Kier molecular flexibility index (Phi) is 4.70. The van der Waals surface area contributed by atoms with Crippen LogP contribution in [0.3, 0.4) is 0 Å². The molecule has 26 heavy (non-hydrogen) atoms. The number of carbonyl (C=O) groups excluding carboxylic acids is 1. The molecule has 7 nitrogen and oxygen atoms in total. The van der Waals surface area contributed by atoms with E-state index in [0.29, 0.717) is 17.7 Å². The summed E-state index contributed by atoms with van der Waals surface area (Å²) in [6.45, 7) is 0. The Morgan fingerprint density at radius 2 is 1.88 bits per heavy atom. The molecular weight excluding hydrogens is 346 g/mol. The number of hydrogen-bond donors (Lipinski definition) is 1. The van der Waals surface area contributed by atoms with Crippen LogP contribution in [0.25, 0.3) is 0 Å². The van der Waals surface area contributed by atoms with Crippen molar-refractivity contribution in [3.05, 3.63) is 88.2 Å². The minimum atomic E-state index is -1.32. The topological polar surface area (TPSA) is 90.1 Å². The summed E-state index contributed by atoms with van der Waals surface area (Å²) in [7, 11) is 0. The van der Waals surface area contributed by atoms with E-state index < -0.39 is 39.9 Å². The molecule has 1 amide bonds. The second-order valence-electron chi connectivity index (χ2n) is 5.33. The Bertz CT molecular complexity index is 946. The number of nitrogens with one attached hydrogen (secondary N) is 1. The van der Waals surface area contributed by atoms with E-state index >= 15 is 0 Å². The summed E-state index contributed by atoms with van der Waals surface area (Å²) in [4.78, 5) is 22.6. The van der Waals surface area contributed by atoms with E-state index in [2.05, 4.69) is 10.4 Å². The van der Waals surface area contributed by atoms with Crippen molar-refractivity contribution in [3.8, 4) is 0 Å². The SMILES string of the molecule is O=C(Nc1cc([N+](=O)[O-])c(F)cc1F)[C@@H](c1ccccc1)n1cccn1. The van der Waals surface area contributed by atoms with Crippen LogP contribution in [0, 0.1) is 21.7 Å². The summed E-state index contributed by atoms with van der Waals surface area (Å²) in [6.07, 6.45) is 3.03. The lowest BCUT2D eigenvalue weighted by atomic mass is 10.1. The van der Waals surface area contributed by atoms with Crippen molar-refractivity contribution in [2.45, 2.75) is 6.04 Å². The Morgan fingerprint density at radius 3 is 2.50 bits per heavy atom. The first-order valence-corrected chi connectivity index (χ1v) is 7.45. The number of halogens is 2. The molecule has 0 saturated heterocycles. The summed E-state index contributed by atoms with van der Waals surface area (Å²) < 4.78 is 28.8. The van der Waals surface area contributed by atoms with Gasteiger partial charge in [0.15, 0.2) is 6.04 Å². The number of carbonyl (C=O) groups is 1. The number of nitrogens with zero attached hydrogens (tertiary/aromatic N) is 3. The third-order valence-corrected chi connectivity index (χ3v) is 3.64. The fourth-order valence-electron chi connectivity index (χ4n) is 2.47. The molecule has 0 spiro atoms. The number of nitro benzene ring substituents is 1. The lowest BCUT2D eigenvalue weighted by molar-refractivity contribution is -0.387. The third kappa shape index (κ3) is 3.41. The van der Waals surface area contributed by atoms with E-state index in [-0.39, 0.29) is 0 Å². The Labute approximate surface area is 146 Å². The van der Waals surface area contributed by atoms with Gasteiger partial charge in [-0.15, -0.1) is 0 Å². The van der Waals surface area contributed by atoms with E-state index in [9.17, 15) is 23.7 Å². The predicted molar refractivity (Wildman–Crippen MR) is 88.5 cm³/mol. The first kappa shape index (κ1) is 17.2. The zero-order valence-electron chi connectivity index (χ0n) is 13.2. The molecule has 0 aliphatic carbocycles. The quantitative estimate of drug-likeness (QED) is 0.560. The van der Waals surface area contributed by atoms with Crippen molar-refractivity contribution in [3.63, 3.8) is 0 Å². The van der Waals surface area contributed by atoms with Crippen molar-refractivity contribution in [2.24, 2.45) is 0 Å². The minimum absolute atomic E-state index is 0.360. The monoisotopic (exact) mass is 358 g/mol. The van der Waals surface area contributed by atoms with Gasteiger partial charge < -0.3 is 5.32 Å². The molecule has 1 aromatic heterocycles. The molecule has 1 heterocycles. The van der Waals surface area contributed by atoms with Crippen LogP contribution in [0.15, 0.2) is 60.9 Å². The maximum Gasteiger partial charge on any atom is 0.307 e. The number of aromatic nitrogens is 2. The van der Waals surface area contributed by atoms with Crippen LogP contribution in [0.4, 0.5) is 20.2 Å². The predicted octanol–water partition coefficient (Wildman–Crippen LogP) is 3.30. The molecule has 3 rings (SSSR count). The molecule has 0 saturated carbocycles. The summed E-state index contributed by atoms with van der Waals surface area (Å²) in [5.41, 5.74) is -0.848. The Balaban J connectivity index is 1.97. The van der Waals surface area contributed by atoms with Gasteiger partial charge in [-0.25, -0.2) is 4.39 Å². The van der Waals surface area contributed by atoms with Crippen molar-refractivity contribution < 1.29 is 18.5 Å². The standard InChI is InChI=1S/C17H12F2N4O3/c18-12-9-13(19)15(23(25)26)10-14(12)21-17(24)16(22-8-4-7-20-22)11-5-2-1-3-6-11/h1-10,16H,(H,21,24)/t16-/m1/s1. The number of amides is 1. The number of hydrogen-bond acceptors (Lipinski definition) is 4. The molecule has 0 unspecified atom stereocenters. The van der Waals surface area contributed by atoms with Crippen LogP contribution in [0.2, 0.25) is 0 Å². The summed E-state index contributed by atoms with van der Waals surface area (Å²) >= 11 is 0. The van der Waals surface area contributed by atoms with Gasteiger partial charge in [-0.2, -0.15) is 9.49 Å². The van der Waals surface area contributed by atoms with E-state index in [1.807, 2.05) is 0 Å². The van der Waals surface area contributed by atoms with E-state index in [4.69, 9.17) is 0 Å². The molecule has 132 valence electrons. The Hall–Kier alpha value is -3.62. The van der Waals surface area contributed by atoms with E-state index in [0.717, 1.165) is 0 Å². The number of benzene rings is 2. The van der Waals surface area contributed by atoms with Gasteiger partial charge in [0.05, 0.1) is 10.6 Å². The Morgan fingerprint density at radius 1 is 1.15 bits per heavy atom. The van der Waals surface area contributed by atoms with Crippen LogP contribution in [0.1, 0.15) is 11.6 Å². The molecular formula is C17H12F2N4O3. The average molecular weight is 358 g/mol. The molecule has 1 atom stereocenters. The van der Waals surface area contributed by atoms with Gasteiger partial charge in [0.1, 0.15) is 5.82 Å². The fourth-order valence-corrected chi connectivity index (χ4v) is 2.47. The highest BCUT2D eigenvalue weighted by Crippen LogP contribution is 2.27. The maximum atomic E-state index is 14.0. The molecule has 0 bridgehead atoms. The van der Waals surface area contributed by atoms with E-state index in [1.54, 1.807) is 42.6 Å². The first-order valence-electron chi connectivity index (χ1n) is 7.45. The third-order valence-electron chi connectivity index (χ3n) is 3.64. The largest absolute Gasteiger partial charge is 0.321 e. The summed E-state index contributed by atoms with van der Waals surface area (Å²) in [5, 5.41) is 17.1. The second-order valence-corrected chi connectivity index (χ2v) is 5.33. The highest BCUT2D eigenvalue weighted by Gasteiger charge is 2.26.